The predicted octanol–water partition coefficient (Wildman–Crippen LogP) is 2.70. The summed E-state index contributed by atoms with van der Waals surface area (Å²) in [5.74, 6) is 1.26. The molecule has 0 aliphatic carbocycles. The second-order valence-electron chi connectivity index (χ2n) is 3.87. The first-order valence-electron chi connectivity index (χ1n) is 5.50. The lowest BCUT2D eigenvalue weighted by atomic mass is 10.1. The minimum atomic E-state index is 0.623. The van der Waals surface area contributed by atoms with E-state index in [0.29, 0.717) is 18.3 Å². The van der Waals surface area contributed by atoms with E-state index in [0.717, 1.165) is 22.9 Å². The van der Waals surface area contributed by atoms with Crippen molar-refractivity contribution in [2.45, 2.75) is 19.8 Å². The third-order valence-electron chi connectivity index (χ3n) is 2.49. The van der Waals surface area contributed by atoms with Crippen LogP contribution < -0.4 is 5.73 Å². The number of aromatic nitrogens is 2. The fourth-order valence-electron chi connectivity index (χ4n) is 1.46. The molecule has 17 heavy (non-hydrogen) atoms. The zero-order valence-corrected chi connectivity index (χ0v) is 11.2. The molecule has 0 bridgehead atoms. The van der Waals surface area contributed by atoms with Crippen LogP contribution in [0.25, 0.3) is 11.4 Å². The normalized spacial score (nSPS) is 10.8. The van der Waals surface area contributed by atoms with Crippen molar-refractivity contribution in [2.75, 3.05) is 6.54 Å². The van der Waals surface area contributed by atoms with Crippen LogP contribution in [-0.2, 0) is 6.42 Å². The molecule has 0 spiro atoms. The van der Waals surface area contributed by atoms with Gasteiger partial charge < -0.3 is 10.3 Å². The number of aryl methyl sites for hydroxylation is 2. The zero-order valence-electron chi connectivity index (χ0n) is 9.61. The molecule has 0 aliphatic rings. The summed E-state index contributed by atoms with van der Waals surface area (Å²) in [5, 5.41) is 3.96. The minimum Gasteiger partial charge on any atom is -0.339 e. The van der Waals surface area contributed by atoms with Crippen LogP contribution in [0.2, 0.25) is 0 Å². The molecular formula is C12H14BrN3O. The number of rotatable bonds is 4. The van der Waals surface area contributed by atoms with E-state index in [9.17, 15) is 0 Å². The van der Waals surface area contributed by atoms with Gasteiger partial charge in [0, 0.05) is 16.5 Å². The van der Waals surface area contributed by atoms with E-state index >= 15 is 0 Å². The molecule has 1 aromatic heterocycles. The highest BCUT2D eigenvalue weighted by atomic mass is 79.9. The van der Waals surface area contributed by atoms with Crippen molar-refractivity contribution >= 4 is 15.9 Å². The number of hydrogen-bond acceptors (Lipinski definition) is 4. The predicted molar refractivity (Wildman–Crippen MR) is 69.5 cm³/mol. The Kier molecular flexibility index (Phi) is 3.91. The largest absolute Gasteiger partial charge is 0.339 e. The third-order valence-corrected chi connectivity index (χ3v) is 3.35. The van der Waals surface area contributed by atoms with Gasteiger partial charge in [-0.2, -0.15) is 4.98 Å². The first kappa shape index (κ1) is 12.3. The van der Waals surface area contributed by atoms with Gasteiger partial charge in [-0.05, 0) is 31.5 Å². The standard InChI is InChI=1S/C12H14BrN3O/c1-8-4-5-9(7-10(8)13)12-15-11(17-16-12)3-2-6-14/h4-5,7H,2-3,6,14H2,1H3. The summed E-state index contributed by atoms with van der Waals surface area (Å²) in [6, 6.07) is 6.00. The van der Waals surface area contributed by atoms with E-state index in [-0.39, 0.29) is 0 Å². The van der Waals surface area contributed by atoms with Crippen LogP contribution in [-0.4, -0.2) is 16.7 Å². The van der Waals surface area contributed by atoms with Crippen LogP contribution in [0.4, 0.5) is 0 Å². The molecule has 90 valence electrons. The maximum absolute atomic E-state index is 5.43. The molecule has 0 aliphatic heterocycles. The van der Waals surface area contributed by atoms with Gasteiger partial charge in [-0.3, -0.25) is 0 Å². The summed E-state index contributed by atoms with van der Waals surface area (Å²) in [7, 11) is 0. The van der Waals surface area contributed by atoms with Gasteiger partial charge in [-0.1, -0.05) is 33.2 Å². The molecular weight excluding hydrogens is 282 g/mol. The van der Waals surface area contributed by atoms with Crippen molar-refractivity contribution < 1.29 is 4.52 Å². The van der Waals surface area contributed by atoms with Crippen molar-refractivity contribution in [2.24, 2.45) is 5.73 Å². The van der Waals surface area contributed by atoms with Gasteiger partial charge in [0.2, 0.25) is 11.7 Å². The average molecular weight is 296 g/mol. The average Bonchev–Trinajstić information content (AvgIpc) is 2.79. The summed E-state index contributed by atoms with van der Waals surface area (Å²) in [6.07, 6.45) is 1.59. The Balaban J connectivity index is 2.21. The summed E-state index contributed by atoms with van der Waals surface area (Å²) in [5.41, 5.74) is 7.57. The van der Waals surface area contributed by atoms with E-state index in [1.165, 1.54) is 5.56 Å². The second kappa shape index (κ2) is 5.42. The number of halogens is 1. The highest BCUT2D eigenvalue weighted by molar-refractivity contribution is 9.10. The van der Waals surface area contributed by atoms with E-state index in [2.05, 4.69) is 26.1 Å². The number of nitrogens with two attached hydrogens (primary N) is 1. The van der Waals surface area contributed by atoms with Gasteiger partial charge in [0.15, 0.2) is 0 Å². The van der Waals surface area contributed by atoms with E-state index < -0.39 is 0 Å². The topological polar surface area (TPSA) is 64.9 Å². The van der Waals surface area contributed by atoms with Gasteiger partial charge in [-0.25, -0.2) is 0 Å². The first-order valence-corrected chi connectivity index (χ1v) is 6.29. The summed E-state index contributed by atoms with van der Waals surface area (Å²) >= 11 is 3.49. The Morgan fingerprint density at radius 3 is 2.94 bits per heavy atom. The molecule has 1 aromatic carbocycles. The Morgan fingerprint density at radius 1 is 1.41 bits per heavy atom. The fraction of sp³-hybridized carbons (Fsp3) is 0.333. The molecule has 2 aromatic rings. The molecule has 5 heteroatoms. The molecule has 0 atom stereocenters. The molecule has 0 radical (unpaired) electrons. The molecule has 0 amide bonds. The van der Waals surface area contributed by atoms with Crippen molar-refractivity contribution in [3.8, 4) is 11.4 Å². The quantitative estimate of drug-likeness (QED) is 0.942. The Hall–Kier alpha value is -1.20. The molecule has 4 nitrogen and oxygen atoms in total. The number of nitrogens with zero attached hydrogens (tertiary/aromatic N) is 2. The second-order valence-corrected chi connectivity index (χ2v) is 4.72. The first-order chi connectivity index (χ1) is 8.20. The van der Waals surface area contributed by atoms with Crippen LogP contribution in [0.1, 0.15) is 17.9 Å². The molecule has 0 unspecified atom stereocenters. The molecule has 2 N–H and O–H groups in total. The molecule has 2 rings (SSSR count). The molecule has 0 fully saturated rings. The highest BCUT2D eigenvalue weighted by Gasteiger charge is 2.09. The maximum Gasteiger partial charge on any atom is 0.227 e. The Morgan fingerprint density at radius 2 is 2.24 bits per heavy atom. The lowest BCUT2D eigenvalue weighted by molar-refractivity contribution is 0.376. The van der Waals surface area contributed by atoms with Crippen molar-refractivity contribution in [1.82, 2.24) is 10.1 Å². The van der Waals surface area contributed by atoms with Crippen molar-refractivity contribution in [3.05, 3.63) is 34.1 Å². The van der Waals surface area contributed by atoms with Crippen LogP contribution in [0, 0.1) is 6.92 Å². The third kappa shape index (κ3) is 2.92. The molecule has 0 saturated carbocycles. The lowest BCUT2D eigenvalue weighted by Crippen LogP contribution is -2.00. The van der Waals surface area contributed by atoms with Gasteiger partial charge in [0.05, 0.1) is 0 Å². The zero-order chi connectivity index (χ0) is 12.3. The van der Waals surface area contributed by atoms with Crippen LogP contribution in [0.3, 0.4) is 0 Å². The van der Waals surface area contributed by atoms with Crippen LogP contribution >= 0.6 is 15.9 Å². The maximum atomic E-state index is 5.43. The van der Waals surface area contributed by atoms with Gasteiger partial charge in [0.25, 0.3) is 0 Å². The highest BCUT2D eigenvalue weighted by Crippen LogP contribution is 2.23. The van der Waals surface area contributed by atoms with Crippen molar-refractivity contribution in [1.29, 1.82) is 0 Å². The summed E-state index contributed by atoms with van der Waals surface area (Å²) in [4.78, 5) is 4.33. The Bertz CT molecular complexity index is 510. The SMILES string of the molecule is Cc1ccc(-c2noc(CCCN)n2)cc1Br. The minimum absolute atomic E-state index is 0.623. The summed E-state index contributed by atoms with van der Waals surface area (Å²) < 4.78 is 6.20. The Labute approximate surface area is 108 Å². The summed E-state index contributed by atoms with van der Waals surface area (Å²) in [6.45, 7) is 2.67. The van der Waals surface area contributed by atoms with E-state index in [1.807, 2.05) is 25.1 Å². The smallest absolute Gasteiger partial charge is 0.227 e. The fourth-order valence-corrected chi connectivity index (χ4v) is 1.84. The van der Waals surface area contributed by atoms with Crippen molar-refractivity contribution in [3.63, 3.8) is 0 Å². The van der Waals surface area contributed by atoms with Crippen LogP contribution in [0.15, 0.2) is 27.2 Å². The van der Waals surface area contributed by atoms with E-state index in [4.69, 9.17) is 10.3 Å². The monoisotopic (exact) mass is 295 g/mol. The van der Waals surface area contributed by atoms with Gasteiger partial charge >= 0.3 is 0 Å². The van der Waals surface area contributed by atoms with Crippen LogP contribution in [0.5, 0.6) is 0 Å². The lowest BCUT2D eigenvalue weighted by Gasteiger charge is -1.99. The van der Waals surface area contributed by atoms with Gasteiger partial charge in [0.1, 0.15) is 0 Å². The number of hydrogen-bond donors (Lipinski definition) is 1. The number of benzene rings is 1. The van der Waals surface area contributed by atoms with Gasteiger partial charge in [-0.15, -0.1) is 0 Å². The molecule has 0 saturated heterocycles. The molecule has 1 heterocycles. The van der Waals surface area contributed by atoms with E-state index in [1.54, 1.807) is 0 Å².